The molecule has 0 aliphatic carbocycles. The van der Waals surface area contributed by atoms with Crippen molar-refractivity contribution in [3.8, 4) is 0 Å². The molecular weight excluding hydrogens is 312 g/mol. The van der Waals surface area contributed by atoms with Crippen LogP contribution in [0, 0.1) is 26.7 Å². The number of hydrogen-bond donors (Lipinski definition) is 1. The van der Waals surface area contributed by atoms with Crippen LogP contribution in [0.4, 0.5) is 5.69 Å². The van der Waals surface area contributed by atoms with Crippen molar-refractivity contribution < 1.29 is 9.59 Å². The van der Waals surface area contributed by atoms with E-state index in [1.807, 2.05) is 57.2 Å². The molecule has 1 aliphatic heterocycles. The molecule has 0 radical (unpaired) electrons. The van der Waals surface area contributed by atoms with Crippen molar-refractivity contribution in [2.45, 2.75) is 33.7 Å². The first-order valence-corrected chi connectivity index (χ1v) is 8.63. The molecule has 1 saturated heterocycles. The van der Waals surface area contributed by atoms with E-state index < -0.39 is 0 Å². The van der Waals surface area contributed by atoms with E-state index >= 15 is 0 Å². The highest BCUT2D eigenvalue weighted by atomic mass is 16.2. The van der Waals surface area contributed by atoms with Crippen LogP contribution in [0.5, 0.6) is 0 Å². The molecule has 2 aromatic rings. The summed E-state index contributed by atoms with van der Waals surface area (Å²) in [6.45, 7) is 7.09. The highest BCUT2D eigenvalue weighted by Gasteiger charge is 2.34. The van der Waals surface area contributed by atoms with E-state index in [4.69, 9.17) is 0 Å². The zero-order valence-electron chi connectivity index (χ0n) is 15.0. The normalized spacial score (nSPS) is 17.0. The van der Waals surface area contributed by atoms with E-state index in [1.165, 1.54) is 5.56 Å². The van der Waals surface area contributed by atoms with Gasteiger partial charge in [-0.3, -0.25) is 9.59 Å². The third-order valence-corrected chi connectivity index (χ3v) is 4.57. The summed E-state index contributed by atoms with van der Waals surface area (Å²) < 4.78 is 0. The lowest BCUT2D eigenvalue weighted by atomic mass is 10.1. The summed E-state index contributed by atoms with van der Waals surface area (Å²) in [7, 11) is 0. The fourth-order valence-corrected chi connectivity index (χ4v) is 3.31. The van der Waals surface area contributed by atoms with E-state index in [0.717, 1.165) is 22.4 Å². The molecule has 0 saturated carbocycles. The number of anilines is 1. The molecule has 1 heterocycles. The van der Waals surface area contributed by atoms with Crippen LogP contribution in [0.15, 0.2) is 42.5 Å². The number of nitrogens with one attached hydrogen (secondary N) is 1. The zero-order valence-corrected chi connectivity index (χ0v) is 15.0. The minimum Gasteiger partial charge on any atom is -0.338 e. The van der Waals surface area contributed by atoms with Crippen LogP contribution in [0.3, 0.4) is 0 Å². The molecule has 2 aromatic carbocycles. The van der Waals surface area contributed by atoms with Gasteiger partial charge in [-0.2, -0.15) is 0 Å². The third kappa shape index (κ3) is 4.27. The Morgan fingerprint density at radius 3 is 2.32 bits per heavy atom. The van der Waals surface area contributed by atoms with Gasteiger partial charge in [0.25, 0.3) is 0 Å². The molecule has 0 aromatic heterocycles. The van der Waals surface area contributed by atoms with Gasteiger partial charge in [0.15, 0.2) is 0 Å². The average Bonchev–Trinajstić information content (AvgIpc) is 2.90. The number of likely N-dealkylation sites (tertiary alicyclic amines) is 1. The van der Waals surface area contributed by atoms with Gasteiger partial charge in [-0.1, -0.05) is 35.9 Å². The van der Waals surface area contributed by atoms with E-state index in [1.54, 1.807) is 4.90 Å². The van der Waals surface area contributed by atoms with Gasteiger partial charge in [-0.15, -0.1) is 0 Å². The summed E-state index contributed by atoms with van der Waals surface area (Å²) in [4.78, 5) is 26.6. The van der Waals surface area contributed by atoms with Crippen LogP contribution in [-0.4, -0.2) is 23.3 Å². The Balaban J connectivity index is 1.63. The van der Waals surface area contributed by atoms with Crippen LogP contribution in [0.2, 0.25) is 0 Å². The molecule has 25 heavy (non-hydrogen) atoms. The number of carbonyl (C=O) groups excluding carboxylic acids is 2. The number of benzene rings is 2. The second kappa shape index (κ2) is 7.09. The first-order valence-electron chi connectivity index (χ1n) is 8.63. The monoisotopic (exact) mass is 336 g/mol. The van der Waals surface area contributed by atoms with E-state index in [-0.39, 0.29) is 24.2 Å². The van der Waals surface area contributed by atoms with Gasteiger partial charge in [0.1, 0.15) is 0 Å². The first-order chi connectivity index (χ1) is 11.9. The number of rotatable bonds is 4. The molecule has 1 N–H and O–H groups in total. The largest absolute Gasteiger partial charge is 0.338 e. The lowest BCUT2D eigenvalue weighted by Gasteiger charge is -2.17. The Morgan fingerprint density at radius 1 is 1.04 bits per heavy atom. The number of aryl methyl sites for hydroxylation is 3. The van der Waals surface area contributed by atoms with Crippen LogP contribution >= 0.6 is 0 Å². The smallest absolute Gasteiger partial charge is 0.229 e. The second-order valence-electron chi connectivity index (χ2n) is 7.03. The van der Waals surface area contributed by atoms with Gasteiger partial charge in [0.05, 0.1) is 5.92 Å². The standard InChI is InChI=1S/C21H24N2O2/c1-14-4-6-17(7-5-14)12-23-13-18(11-20(23)24)21(25)22-19-9-15(2)8-16(3)10-19/h4-10,18H,11-13H2,1-3H3,(H,22,25)/t18-/m1/s1. The third-order valence-electron chi connectivity index (χ3n) is 4.57. The molecular formula is C21H24N2O2. The Labute approximate surface area is 148 Å². The van der Waals surface area contributed by atoms with Gasteiger partial charge in [0, 0.05) is 25.2 Å². The van der Waals surface area contributed by atoms with Gasteiger partial charge < -0.3 is 10.2 Å². The number of amides is 2. The predicted molar refractivity (Wildman–Crippen MR) is 99.2 cm³/mol. The van der Waals surface area contributed by atoms with Crippen molar-refractivity contribution in [3.05, 3.63) is 64.7 Å². The van der Waals surface area contributed by atoms with Crippen molar-refractivity contribution in [2.24, 2.45) is 5.92 Å². The topological polar surface area (TPSA) is 49.4 Å². The summed E-state index contributed by atoms with van der Waals surface area (Å²) in [5.74, 6) is -0.329. The van der Waals surface area contributed by atoms with Crippen LogP contribution < -0.4 is 5.32 Å². The maximum absolute atomic E-state index is 12.5. The molecule has 0 bridgehead atoms. The molecule has 1 aliphatic rings. The molecule has 4 heteroatoms. The maximum Gasteiger partial charge on any atom is 0.229 e. The fraction of sp³-hybridized carbons (Fsp3) is 0.333. The van der Waals surface area contributed by atoms with Crippen LogP contribution in [0.1, 0.15) is 28.7 Å². The van der Waals surface area contributed by atoms with Gasteiger partial charge in [-0.25, -0.2) is 0 Å². The van der Waals surface area contributed by atoms with E-state index in [0.29, 0.717) is 13.1 Å². The maximum atomic E-state index is 12.5. The summed E-state index contributed by atoms with van der Waals surface area (Å²) in [6, 6.07) is 14.1. The Hall–Kier alpha value is -2.62. The molecule has 0 spiro atoms. The van der Waals surface area contributed by atoms with Crippen molar-refractivity contribution in [3.63, 3.8) is 0 Å². The number of nitrogens with zero attached hydrogens (tertiary/aromatic N) is 1. The van der Waals surface area contributed by atoms with Crippen molar-refractivity contribution >= 4 is 17.5 Å². The summed E-state index contributed by atoms with van der Waals surface area (Å²) >= 11 is 0. The SMILES string of the molecule is Cc1ccc(CN2C[C@H](C(=O)Nc3cc(C)cc(C)c3)CC2=O)cc1. The molecule has 1 atom stereocenters. The first kappa shape index (κ1) is 17.2. The van der Waals surface area contributed by atoms with Crippen LogP contribution in [0.25, 0.3) is 0 Å². The van der Waals surface area contributed by atoms with Gasteiger partial charge in [-0.05, 0) is 49.6 Å². The fourth-order valence-electron chi connectivity index (χ4n) is 3.31. The van der Waals surface area contributed by atoms with Gasteiger partial charge in [0.2, 0.25) is 11.8 Å². The van der Waals surface area contributed by atoms with E-state index in [2.05, 4.69) is 11.4 Å². The Bertz CT molecular complexity index is 776. The summed E-state index contributed by atoms with van der Waals surface area (Å²) in [5.41, 5.74) is 5.31. The van der Waals surface area contributed by atoms with Crippen molar-refractivity contribution in [2.75, 3.05) is 11.9 Å². The number of carbonyl (C=O) groups is 2. The van der Waals surface area contributed by atoms with Crippen molar-refractivity contribution in [1.82, 2.24) is 4.90 Å². The lowest BCUT2D eigenvalue weighted by molar-refractivity contribution is -0.128. The summed E-state index contributed by atoms with van der Waals surface area (Å²) in [6.07, 6.45) is 0.280. The molecule has 4 nitrogen and oxygen atoms in total. The minimum absolute atomic E-state index is 0.0427. The van der Waals surface area contributed by atoms with E-state index in [9.17, 15) is 9.59 Å². The van der Waals surface area contributed by atoms with Crippen LogP contribution in [-0.2, 0) is 16.1 Å². The molecule has 3 rings (SSSR count). The molecule has 1 fully saturated rings. The minimum atomic E-state index is -0.293. The highest BCUT2D eigenvalue weighted by Crippen LogP contribution is 2.23. The Kier molecular flexibility index (Phi) is 4.88. The quantitative estimate of drug-likeness (QED) is 0.927. The Morgan fingerprint density at radius 2 is 1.68 bits per heavy atom. The van der Waals surface area contributed by atoms with Gasteiger partial charge >= 0.3 is 0 Å². The average molecular weight is 336 g/mol. The zero-order chi connectivity index (χ0) is 18.0. The lowest BCUT2D eigenvalue weighted by Crippen LogP contribution is -2.28. The molecule has 130 valence electrons. The summed E-state index contributed by atoms with van der Waals surface area (Å²) in [5, 5.41) is 2.96. The molecule has 2 amide bonds. The predicted octanol–water partition coefficient (Wildman–Crippen LogP) is 3.60. The van der Waals surface area contributed by atoms with Crippen molar-refractivity contribution in [1.29, 1.82) is 0 Å². The second-order valence-corrected chi connectivity index (χ2v) is 7.03. The highest BCUT2D eigenvalue weighted by molar-refractivity contribution is 5.97. The number of hydrogen-bond acceptors (Lipinski definition) is 2. The molecule has 0 unspecified atom stereocenters.